The minimum absolute atomic E-state index is 0.208. The fourth-order valence-electron chi connectivity index (χ4n) is 2.22. The van der Waals surface area contributed by atoms with Crippen molar-refractivity contribution in [3.05, 3.63) is 12.3 Å². The zero-order valence-corrected chi connectivity index (χ0v) is 11.1. The first-order chi connectivity index (χ1) is 6.92. The molecule has 0 N–H and O–H groups in total. The quantitative estimate of drug-likeness (QED) is 0.499. The Morgan fingerprint density at radius 2 is 1.87 bits per heavy atom. The fraction of sp³-hybridized carbons (Fsp3) is 0.846. The molecule has 0 aromatic carbocycles. The third kappa shape index (κ3) is 2.82. The van der Waals surface area contributed by atoms with Gasteiger partial charge in [0.1, 0.15) is 12.7 Å². The maximum Gasteiger partial charge on any atom is 0.113 e. The van der Waals surface area contributed by atoms with E-state index in [0.717, 1.165) is 4.59 Å². The van der Waals surface area contributed by atoms with E-state index < -0.39 is 0 Å². The molecule has 1 atom stereocenters. The molecule has 2 nitrogen and oxygen atoms in total. The number of unbranched alkanes of at least 4 members (excludes halogenated alkanes) is 3. The molecule has 1 rings (SSSR count). The highest BCUT2D eigenvalue weighted by Crippen LogP contribution is 2.29. The van der Waals surface area contributed by atoms with Crippen molar-refractivity contribution in [2.24, 2.45) is 0 Å². The normalized spacial score (nSPS) is 29.9. The molecule has 0 aliphatic carbocycles. The summed E-state index contributed by atoms with van der Waals surface area (Å²) in [5.41, 5.74) is 0.208. The van der Waals surface area contributed by atoms with Crippen LogP contribution in [0.25, 0.3) is 0 Å². The number of likely N-dealkylation sites (N-methyl/N-ethyl adjacent to an activating group) is 1. The van der Waals surface area contributed by atoms with Gasteiger partial charge in [0.05, 0.1) is 12.6 Å². The van der Waals surface area contributed by atoms with Gasteiger partial charge in [-0.05, 0) is 32.8 Å². The second-order valence-electron chi connectivity index (χ2n) is 5.49. The van der Waals surface area contributed by atoms with Crippen molar-refractivity contribution < 1.29 is 4.59 Å². The molecule has 0 spiro atoms. The van der Waals surface area contributed by atoms with Gasteiger partial charge in [0, 0.05) is 7.05 Å². The second kappa shape index (κ2) is 4.67. The van der Waals surface area contributed by atoms with Crippen molar-refractivity contribution in [3.63, 3.8) is 0 Å². The predicted molar refractivity (Wildman–Crippen MR) is 66.2 cm³/mol. The van der Waals surface area contributed by atoms with Crippen molar-refractivity contribution in [1.29, 1.82) is 0 Å². The Morgan fingerprint density at radius 3 is 2.33 bits per heavy atom. The van der Waals surface area contributed by atoms with Crippen molar-refractivity contribution in [2.45, 2.75) is 52.0 Å². The first kappa shape index (κ1) is 12.7. The van der Waals surface area contributed by atoms with Gasteiger partial charge in [0.2, 0.25) is 0 Å². The summed E-state index contributed by atoms with van der Waals surface area (Å²) in [6.07, 6.45) is 10.1. The van der Waals surface area contributed by atoms with Crippen LogP contribution in [0.4, 0.5) is 0 Å². The Hall–Kier alpha value is -0.340. The van der Waals surface area contributed by atoms with Crippen LogP contribution in [0.1, 0.15) is 46.5 Å². The van der Waals surface area contributed by atoms with Crippen LogP contribution in [0.3, 0.4) is 0 Å². The average molecular weight is 211 g/mol. The van der Waals surface area contributed by atoms with Gasteiger partial charge < -0.3 is 0 Å². The largest absolute Gasteiger partial charge is 0.220 e. The molecule has 0 aromatic heterocycles. The molecule has 0 fully saturated rings. The van der Waals surface area contributed by atoms with E-state index in [0.29, 0.717) is 0 Å². The molecule has 0 amide bonds. The molecule has 88 valence electrons. The summed E-state index contributed by atoms with van der Waals surface area (Å²) in [5.74, 6) is 0. The standard InChI is InChI=1S/C13H27N2/c1-6-7-8-9-11-15(5)12-10-13(2,3)14(15)4/h10,12H,6-9,11H2,1-5H3/q+1. The fourth-order valence-corrected chi connectivity index (χ4v) is 2.22. The maximum absolute atomic E-state index is 2.44. The first-order valence-electron chi connectivity index (χ1n) is 6.22. The number of hydrogen-bond acceptors (Lipinski definition) is 1. The second-order valence-corrected chi connectivity index (χ2v) is 5.49. The lowest BCUT2D eigenvalue weighted by Crippen LogP contribution is -2.55. The lowest BCUT2D eigenvalue weighted by Gasteiger charge is -2.39. The number of quaternary nitrogens is 1. The maximum atomic E-state index is 2.44. The Balaban J connectivity index is 2.44. The molecule has 0 aromatic rings. The summed E-state index contributed by atoms with van der Waals surface area (Å²) in [7, 11) is 4.52. The summed E-state index contributed by atoms with van der Waals surface area (Å²) in [6, 6.07) is 0. The van der Waals surface area contributed by atoms with Crippen LogP contribution in [-0.4, -0.2) is 35.8 Å². The number of hydrogen-bond donors (Lipinski definition) is 0. The van der Waals surface area contributed by atoms with Gasteiger partial charge in [0.15, 0.2) is 0 Å². The number of rotatable bonds is 5. The van der Waals surface area contributed by atoms with Crippen LogP contribution >= 0.6 is 0 Å². The molecule has 1 aliphatic rings. The zero-order valence-electron chi connectivity index (χ0n) is 11.1. The van der Waals surface area contributed by atoms with Crippen LogP contribution < -0.4 is 0 Å². The topological polar surface area (TPSA) is 3.24 Å². The lowest BCUT2D eigenvalue weighted by molar-refractivity contribution is -0.973. The molecule has 1 unspecified atom stereocenters. The Bertz CT molecular complexity index is 233. The zero-order chi connectivity index (χ0) is 11.5. The minimum atomic E-state index is 0.208. The van der Waals surface area contributed by atoms with Gasteiger partial charge >= 0.3 is 0 Å². The molecule has 0 bridgehead atoms. The third-order valence-electron chi connectivity index (χ3n) is 3.79. The van der Waals surface area contributed by atoms with Crippen molar-refractivity contribution >= 4 is 0 Å². The molecular weight excluding hydrogens is 184 g/mol. The van der Waals surface area contributed by atoms with E-state index in [2.05, 4.69) is 52.2 Å². The molecule has 0 radical (unpaired) electrons. The third-order valence-corrected chi connectivity index (χ3v) is 3.79. The average Bonchev–Trinajstić information content (AvgIpc) is 2.39. The van der Waals surface area contributed by atoms with E-state index in [-0.39, 0.29) is 5.54 Å². The van der Waals surface area contributed by atoms with Crippen molar-refractivity contribution in [1.82, 2.24) is 5.01 Å². The Kier molecular flexibility index (Phi) is 3.96. The highest BCUT2D eigenvalue weighted by atomic mass is 15.8. The molecule has 0 saturated heterocycles. The molecule has 2 heteroatoms. The van der Waals surface area contributed by atoms with Gasteiger partial charge in [-0.3, -0.25) is 0 Å². The van der Waals surface area contributed by atoms with E-state index in [1.165, 1.54) is 32.2 Å². The van der Waals surface area contributed by atoms with Crippen LogP contribution in [0.15, 0.2) is 12.3 Å². The summed E-state index contributed by atoms with van der Waals surface area (Å²) in [6.45, 7) is 8.05. The molecular formula is C13H27N2+. The summed E-state index contributed by atoms with van der Waals surface area (Å²) >= 11 is 0. The van der Waals surface area contributed by atoms with Gasteiger partial charge in [-0.1, -0.05) is 19.8 Å². The Morgan fingerprint density at radius 1 is 1.20 bits per heavy atom. The van der Waals surface area contributed by atoms with E-state index >= 15 is 0 Å². The molecule has 1 aliphatic heterocycles. The predicted octanol–water partition coefficient (Wildman–Crippen LogP) is 3.17. The molecule has 15 heavy (non-hydrogen) atoms. The minimum Gasteiger partial charge on any atom is -0.220 e. The van der Waals surface area contributed by atoms with Crippen molar-refractivity contribution in [3.8, 4) is 0 Å². The van der Waals surface area contributed by atoms with E-state index in [1.807, 2.05) is 0 Å². The van der Waals surface area contributed by atoms with Crippen LogP contribution in [-0.2, 0) is 0 Å². The highest BCUT2D eigenvalue weighted by molar-refractivity contribution is 5.01. The van der Waals surface area contributed by atoms with Crippen LogP contribution in [0, 0.1) is 0 Å². The van der Waals surface area contributed by atoms with Crippen molar-refractivity contribution in [2.75, 3.05) is 20.6 Å². The number of nitrogens with zero attached hydrogens (tertiary/aromatic N) is 2. The summed E-state index contributed by atoms with van der Waals surface area (Å²) < 4.78 is 0.969. The van der Waals surface area contributed by atoms with Gasteiger partial charge in [-0.2, -0.15) is 0 Å². The SMILES string of the molecule is CCCCCC[N+]1(C)C=CC(C)(C)N1C. The smallest absolute Gasteiger partial charge is 0.113 e. The van der Waals surface area contributed by atoms with Gasteiger partial charge in [-0.15, -0.1) is 5.01 Å². The lowest BCUT2D eigenvalue weighted by atomic mass is 10.1. The summed E-state index contributed by atoms with van der Waals surface area (Å²) in [5, 5.41) is 2.44. The van der Waals surface area contributed by atoms with E-state index in [1.54, 1.807) is 0 Å². The molecule has 1 heterocycles. The Labute approximate surface area is 95.1 Å². The van der Waals surface area contributed by atoms with E-state index in [9.17, 15) is 0 Å². The van der Waals surface area contributed by atoms with Crippen LogP contribution in [0.2, 0.25) is 0 Å². The monoisotopic (exact) mass is 211 g/mol. The first-order valence-corrected chi connectivity index (χ1v) is 6.22. The van der Waals surface area contributed by atoms with Gasteiger partial charge in [0.25, 0.3) is 0 Å². The highest BCUT2D eigenvalue weighted by Gasteiger charge is 2.41. The summed E-state index contributed by atoms with van der Waals surface area (Å²) in [4.78, 5) is 0. The van der Waals surface area contributed by atoms with E-state index in [4.69, 9.17) is 0 Å². The molecule has 0 saturated carbocycles. The van der Waals surface area contributed by atoms with Crippen LogP contribution in [0.5, 0.6) is 0 Å². The van der Waals surface area contributed by atoms with Gasteiger partial charge in [-0.25, -0.2) is 4.59 Å².